The zero-order valence-corrected chi connectivity index (χ0v) is 13.9. The van der Waals surface area contributed by atoms with Gasteiger partial charge in [0.05, 0.1) is 16.6 Å². The van der Waals surface area contributed by atoms with E-state index >= 15 is 0 Å². The fraction of sp³-hybridized carbons (Fsp3) is 0.118. The Morgan fingerprint density at radius 1 is 1.12 bits per heavy atom. The molecule has 1 unspecified atom stereocenters. The largest absolute Gasteiger partial charge is 0.281 e. The number of thiazole rings is 1. The number of hydrogen-bond donors (Lipinski definition) is 2. The maximum Gasteiger partial charge on any atom is 0.225 e. The predicted octanol–water partition coefficient (Wildman–Crippen LogP) is 2.60. The minimum Gasteiger partial charge on any atom is -0.281 e. The van der Waals surface area contributed by atoms with E-state index in [1.165, 1.54) is 5.56 Å². The van der Waals surface area contributed by atoms with Crippen molar-refractivity contribution in [1.82, 2.24) is 35.8 Å². The first-order valence-electron chi connectivity index (χ1n) is 7.81. The van der Waals surface area contributed by atoms with Gasteiger partial charge in [-0.2, -0.15) is 10.3 Å². The average molecular weight is 347 g/mol. The minimum absolute atomic E-state index is 0.310. The number of nitrogens with one attached hydrogen (secondary N) is 2. The highest BCUT2D eigenvalue weighted by atomic mass is 32.1. The maximum atomic E-state index is 4.61. The average Bonchev–Trinajstić information content (AvgIpc) is 3.42. The molecule has 1 atom stereocenters. The lowest BCUT2D eigenvalue weighted by molar-refractivity contribution is 0.605. The lowest BCUT2D eigenvalue weighted by atomic mass is 9.71. The van der Waals surface area contributed by atoms with Crippen LogP contribution in [0.4, 0.5) is 0 Å². The highest BCUT2D eigenvalue weighted by Gasteiger charge is 2.38. The molecule has 0 fully saturated rings. The quantitative estimate of drug-likeness (QED) is 0.594. The normalized spacial score (nSPS) is 19.0. The second-order valence-electron chi connectivity index (χ2n) is 5.92. The number of aromatic nitrogens is 7. The fourth-order valence-electron chi connectivity index (χ4n) is 3.39. The Kier molecular flexibility index (Phi) is 3.10. The van der Waals surface area contributed by atoms with Gasteiger partial charge in [0.2, 0.25) is 5.82 Å². The van der Waals surface area contributed by atoms with Crippen LogP contribution in [-0.2, 0) is 11.8 Å². The van der Waals surface area contributed by atoms with Crippen LogP contribution in [0.3, 0.4) is 0 Å². The number of hydrogen-bond acceptors (Lipinski definition) is 6. The summed E-state index contributed by atoms with van der Waals surface area (Å²) in [5.41, 5.74) is 6.57. The van der Waals surface area contributed by atoms with Crippen molar-refractivity contribution in [2.24, 2.45) is 0 Å². The molecule has 5 rings (SSSR count). The molecular weight excluding hydrogens is 334 g/mol. The van der Waals surface area contributed by atoms with Gasteiger partial charge in [-0.3, -0.25) is 5.10 Å². The van der Waals surface area contributed by atoms with E-state index < -0.39 is 0 Å². The molecule has 4 aromatic rings. The molecule has 25 heavy (non-hydrogen) atoms. The molecule has 0 saturated heterocycles. The lowest BCUT2D eigenvalue weighted by Gasteiger charge is -2.32. The summed E-state index contributed by atoms with van der Waals surface area (Å²) in [6, 6.07) is 10.4. The van der Waals surface area contributed by atoms with Crippen molar-refractivity contribution in [1.29, 1.82) is 0 Å². The van der Waals surface area contributed by atoms with E-state index in [9.17, 15) is 0 Å². The first-order chi connectivity index (χ1) is 12.4. The Bertz CT molecular complexity index is 1020. The lowest BCUT2D eigenvalue weighted by Crippen LogP contribution is -2.30. The Balaban J connectivity index is 1.66. The molecule has 0 bridgehead atoms. The van der Waals surface area contributed by atoms with Crippen LogP contribution in [0.25, 0.3) is 17.6 Å². The summed E-state index contributed by atoms with van der Waals surface area (Å²) in [4.78, 5) is 4.61. The number of nitrogens with zero attached hydrogens (tertiary/aromatic N) is 5. The van der Waals surface area contributed by atoms with E-state index in [0.717, 1.165) is 23.4 Å². The van der Waals surface area contributed by atoms with E-state index in [2.05, 4.69) is 77.6 Å². The highest BCUT2D eigenvalue weighted by Crippen LogP contribution is 2.42. The molecule has 7 nitrogen and oxygen atoms in total. The third-order valence-corrected chi connectivity index (χ3v) is 5.19. The molecule has 122 valence electrons. The minimum atomic E-state index is -0.310. The Labute approximate surface area is 146 Å². The Hall–Kier alpha value is -3.13. The van der Waals surface area contributed by atoms with Gasteiger partial charge in [-0.05, 0) is 10.8 Å². The summed E-state index contributed by atoms with van der Waals surface area (Å²) in [5.74, 6) is 0.489. The monoisotopic (exact) mass is 347 g/mol. The smallest absolute Gasteiger partial charge is 0.225 e. The van der Waals surface area contributed by atoms with Gasteiger partial charge in [0.15, 0.2) is 0 Å². The Morgan fingerprint density at radius 2 is 2.04 bits per heavy atom. The standard InChI is InChI=1S/C17H13N7S/c1-2-4-11(5-3-1)17(14-9-25-10-18-14)7-6-12-13(8-17)19-20-15(12)16-21-23-24-22-16/h1-7,9-10H,8H2,(H,19,20)(H,21,22,23,24). The molecule has 0 amide bonds. The fourth-order valence-corrected chi connectivity index (χ4v) is 4.02. The van der Waals surface area contributed by atoms with Crippen LogP contribution in [0.2, 0.25) is 0 Å². The summed E-state index contributed by atoms with van der Waals surface area (Å²) in [6.07, 6.45) is 5.04. The summed E-state index contributed by atoms with van der Waals surface area (Å²) < 4.78 is 0. The zero-order valence-electron chi connectivity index (χ0n) is 13.0. The van der Waals surface area contributed by atoms with Gasteiger partial charge in [-0.25, -0.2) is 4.98 Å². The molecule has 3 heterocycles. The van der Waals surface area contributed by atoms with E-state index in [-0.39, 0.29) is 5.41 Å². The van der Waals surface area contributed by atoms with Gasteiger partial charge in [0, 0.05) is 23.1 Å². The number of allylic oxidation sites excluding steroid dienone is 1. The van der Waals surface area contributed by atoms with Crippen molar-refractivity contribution in [3.63, 3.8) is 0 Å². The van der Waals surface area contributed by atoms with Gasteiger partial charge in [-0.1, -0.05) is 42.5 Å². The van der Waals surface area contributed by atoms with Crippen molar-refractivity contribution in [2.75, 3.05) is 0 Å². The van der Waals surface area contributed by atoms with Crippen molar-refractivity contribution < 1.29 is 0 Å². The van der Waals surface area contributed by atoms with Crippen LogP contribution in [0, 0.1) is 0 Å². The highest BCUT2D eigenvalue weighted by molar-refractivity contribution is 7.07. The first kappa shape index (κ1) is 14.2. The number of tetrazole rings is 1. The molecule has 1 aliphatic rings. The van der Waals surface area contributed by atoms with Gasteiger partial charge in [-0.15, -0.1) is 21.5 Å². The topological polar surface area (TPSA) is 96.0 Å². The molecule has 1 aromatic carbocycles. The van der Waals surface area contributed by atoms with Gasteiger partial charge in [0.1, 0.15) is 5.69 Å². The van der Waals surface area contributed by atoms with Gasteiger partial charge < -0.3 is 0 Å². The number of rotatable bonds is 3. The SMILES string of the molecule is C1=CC(c2ccccc2)(c2cscn2)Cc2[nH]nc(-c3nn[nH]n3)c21. The molecule has 3 aromatic heterocycles. The number of benzene rings is 1. The molecule has 8 heteroatoms. The van der Waals surface area contributed by atoms with E-state index in [0.29, 0.717) is 11.5 Å². The third kappa shape index (κ3) is 2.14. The van der Waals surface area contributed by atoms with E-state index in [4.69, 9.17) is 0 Å². The molecular formula is C17H13N7S. The van der Waals surface area contributed by atoms with Crippen LogP contribution in [0.1, 0.15) is 22.5 Å². The molecule has 0 saturated carbocycles. The van der Waals surface area contributed by atoms with Crippen molar-refractivity contribution in [3.05, 3.63) is 69.8 Å². The number of fused-ring (bicyclic) bond motifs is 1. The van der Waals surface area contributed by atoms with Crippen LogP contribution < -0.4 is 0 Å². The third-order valence-electron chi connectivity index (χ3n) is 4.61. The summed E-state index contributed by atoms with van der Waals surface area (Å²) in [7, 11) is 0. The zero-order chi connectivity index (χ0) is 16.7. The molecule has 2 N–H and O–H groups in total. The number of H-pyrrole nitrogens is 2. The predicted molar refractivity (Wildman–Crippen MR) is 93.8 cm³/mol. The summed E-state index contributed by atoms with van der Waals surface area (Å²) in [6.45, 7) is 0. The van der Waals surface area contributed by atoms with Crippen molar-refractivity contribution in [3.8, 4) is 11.5 Å². The first-order valence-corrected chi connectivity index (χ1v) is 8.75. The van der Waals surface area contributed by atoms with Crippen molar-refractivity contribution >= 4 is 17.4 Å². The molecule has 0 aliphatic heterocycles. The summed E-state index contributed by atoms with van der Waals surface area (Å²) in [5, 5.41) is 23.8. The molecule has 0 spiro atoms. The van der Waals surface area contributed by atoms with Crippen LogP contribution >= 0.6 is 11.3 Å². The second-order valence-corrected chi connectivity index (χ2v) is 6.64. The summed E-state index contributed by atoms with van der Waals surface area (Å²) >= 11 is 1.61. The molecule has 1 aliphatic carbocycles. The van der Waals surface area contributed by atoms with Crippen molar-refractivity contribution in [2.45, 2.75) is 11.8 Å². The van der Waals surface area contributed by atoms with Gasteiger partial charge >= 0.3 is 0 Å². The molecule has 0 radical (unpaired) electrons. The van der Waals surface area contributed by atoms with Crippen LogP contribution in [0.5, 0.6) is 0 Å². The van der Waals surface area contributed by atoms with E-state index in [1.54, 1.807) is 11.3 Å². The van der Waals surface area contributed by atoms with Crippen LogP contribution in [0.15, 0.2) is 47.3 Å². The number of aromatic amines is 2. The van der Waals surface area contributed by atoms with Crippen LogP contribution in [-0.4, -0.2) is 35.8 Å². The van der Waals surface area contributed by atoms with E-state index in [1.807, 2.05) is 11.6 Å². The maximum absolute atomic E-state index is 4.61. The Morgan fingerprint density at radius 3 is 2.80 bits per heavy atom. The van der Waals surface area contributed by atoms with Gasteiger partial charge in [0.25, 0.3) is 0 Å². The second kappa shape index (κ2) is 5.45.